The zero-order valence-electron chi connectivity index (χ0n) is 10.6. The Morgan fingerprint density at radius 1 is 1.59 bits per heavy atom. The van der Waals surface area contributed by atoms with E-state index in [0.29, 0.717) is 26.2 Å². The van der Waals surface area contributed by atoms with E-state index in [2.05, 4.69) is 5.32 Å². The van der Waals surface area contributed by atoms with Crippen molar-refractivity contribution >= 4 is 18.3 Å². The molecule has 1 unspecified atom stereocenters. The minimum Gasteiger partial charge on any atom is -0.383 e. The number of ether oxygens (including phenoxy) is 2. The van der Waals surface area contributed by atoms with E-state index in [-0.39, 0.29) is 24.4 Å². The van der Waals surface area contributed by atoms with Crippen molar-refractivity contribution in [2.75, 3.05) is 47.0 Å². The van der Waals surface area contributed by atoms with E-state index in [1.807, 2.05) is 7.05 Å². The fourth-order valence-electron chi connectivity index (χ4n) is 1.70. The lowest BCUT2D eigenvalue weighted by Gasteiger charge is -2.20. The topological polar surface area (TPSA) is 50.8 Å². The van der Waals surface area contributed by atoms with E-state index >= 15 is 0 Å². The molecule has 0 saturated carbocycles. The molecule has 5 nitrogen and oxygen atoms in total. The second-order valence-corrected chi connectivity index (χ2v) is 4.08. The number of carbonyl (C=O) groups excluding carboxylic acids is 1. The van der Waals surface area contributed by atoms with Crippen molar-refractivity contribution in [2.45, 2.75) is 18.9 Å². The molecule has 0 spiro atoms. The van der Waals surface area contributed by atoms with Gasteiger partial charge in [-0.15, -0.1) is 12.4 Å². The second kappa shape index (κ2) is 9.65. The molecule has 102 valence electrons. The first-order chi connectivity index (χ1) is 7.74. The van der Waals surface area contributed by atoms with Crippen molar-refractivity contribution < 1.29 is 14.3 Å². The number of hydrogen-bond donors (Lipinski definition) is 1. The van der Waals surface area contributed by atoms with Gasteiger partial charge in [-0.2, -0.15) is 0 Å². The number of halogens is 1. The van der Waals surface area contributed by atoms with Gasteiger partial charge in [0.25, 0.3) is 0 Å². The summed E-state index contributed by atoms with van der Waals surface area (Å²) in [4.78, 5) is 13.4. The third-order valence-corrected chi connectivity index (χ3v) is 2.69. The van der Waals surface area contributed by atoms with Crippen molar-refractivity contribution in [3.63, 3.8) is 0 Å². The molecule has 1 rings (SSSR count). The van der Waals surface area contributed by atoms with Crippen molar-refractivity contribution in [1.82, 2.24) is 10.2 Å². The number of likely N-dealkylation sites (N-methyl/N-ethyl adjacent to an activating group) is 1. The zero-order valence-corrected chi connectivity index (χ0v) is 11.4. The minimum absolute atomic E-state index is 0. The van der Waals surface area contributed by atoms with Gasteiger partial charge in [0.05, 0.1) is 19.3 Å². The van der Waals surface area contributed by atoms with Gasteiger partial charge in [0.15, 0.2) is 0 Å². The van der Waals surface area contributed by atoms with Crippen LogP contribution in [0.25, 0.3) is 0 Å². The maximum Gasteiger partial charge on any atom is 0.236 e. The van der Waals surface area contributed by atoms with Gasteiger partial charge in [0.2, 0.25) is 5.91 Å². The van der Waals surface area contributed by atoms with Crippen molar-refractivity contribution in [3.05, 3.63) is 0 Å². The SMILES string of the molecule is COCCNCC(=O)N(C)CC1CCCO1.Cl. The summed E-state index contributed by atoms with van der Waals surface area (Å²) >= 11 is 0. The van der Waals surface area contributed by atoms with Gasteiger partial charge < -0.3 is 19.7 Å². The number of nitrogens with one attached hydrogen (secondary N) is 1. The smallest absolute Gasteiger partial charge is 0.236 e. The van der Waals surface area contributed by atoms with Gasteiger partial charge in [-0.05, 0) is 12.8 Å². The Morgan fingerprint density at radius 3 is 2.94 bits per heavy atom. The highest BCUT2D eigenvalue weighted by atomic mass is 35.5. The van der Waals surface area contributed by atoms with Crippen LogP contribution < -0.4 is 5.32 Å². The predicted octanol–water partition coefficient (Wildman–Crippen LogP) is 0.282. The second-order valence-electron chi connectivity index (χ2n) is 4.08. The molecule has 0 aliphatic carbocycles. The lowest BCUT2D eigenvalue weighted by molar-refractivity contribution is -0.130. The summed E-state index contributed by atoms with van der Waals surface area (Å²) in [5, 5.41) is 3.03. The van der Waals surface area contributed by atoms with Gasteiger partial charge in [-0.1, -0.05) is 0 Å². The van der Waals surface area contributed by atoms with Crippen LogP contribution in [0.1, 0.15) is 12.8 Å². The highest BCUT2D eigenvalue weighted by Gasteiger charge is 2.19. The van der Waals surface area contributed by atoms with Gasteiger partial charge >= 0.3 is 0 Å². The Labute approximate surface area is 109 Å². The first-order valence-electron chi connectivity index (χ1n) is 5.79. The number of methoxy groups -OCH3 is 1. The van der Waals surface area contributed by atoms with E-state index in [1.165, 1.54) is 0 Å². The van der Waals surface area contributed by atoms with Crippen LogP contribution in [-0.2, 0) is 14.3 Å². The number of nitrogens with zero attached hydrogens (tertiary/aromatic N) is 1. The fourth-order valence-corrected chi connectivity index (χ4v) is 1.70. The monoisotopic (exact) mass is 266 g/mol. The third kappa shape index (κ3) is 6.83. The Hall–Kier alpha value is -0.360. The average molecular weight is 267 g/mol. The number of amides is 1. The summed E-state index contributed by atoms with van der Waals surface area (Å²) in [7, 11) is 3.47. The molecule has 0 aromatic rings. The van der Waals surface area contributed by atoms with Gasteiger partial charge in [0, 0.05) is 33.9 Å². The van der Waals surface area contributed by atoms with Crippen LogP contribution in [0.3, 0.4) is 0 Å². The molecule has 1 aliphatic rings. The Morgan fingerprint density at radius 2 is 2.35 bits per heavy atom. The molecule has 1 saturated heterocycles. The minimum atomic E-state index is 0. The molecule has 1 N–H and O–H groups in total. The van der Waals surface area contributed by atoms with E-state index in [4.69, 9.17) is 9.47 Å². The van der Waals surface area contributed by atoms with E-state index in [1.54, 1.807) is 12.0 Å². The fraction of sp³-hybridized carbons (Fsp3) is 0.909. The van der Waals surface area contributed by atoms with Gasteiger partial charge in [-0.25, -0.2) is 0 Å². The first kappa shape index (κ1) is 16.6. The summed E-state index contributed by atoms with van der Waals surface area (Å²) in [5.41, 5.74) is 0. The summed E-state index contributed by atoms with van der Waals surface area (Å²) in [6.07, 6.45) is 2.40. The maximum absolute atomic E-state index is 11.7. The Balaban J connectivity index is 0.00000256. The summed E-state index contributed by atoms with van der Waals surface area (Å²) in [6, 6.07) is 0. The summed E-state index contributed by atoms with van der Waals surface area (Å²) < 4.78 is 10.4. The lowest BCUT2D eigenvalue weighted by Crippen LogP contribution is -2.40. The molecule has 1 atom stereocenters. The van der Waals surface area contributed by atoms with E-state index in [0.717, 1.165) is 19.4 Å². The first-order valence-corrected chi connectivity index (χ1v) is 5.79. The number of hydrogen-bond acceptors (Lipinski definition) is 4. The van der Waals surface area contributed by atoms with E-state index < -0.39 is 0 Å². The van der Waals surface area contributed by atoms with Crippen molar-refractivity contribution in [3.8, 4) is 0 Å². The van der Waals surface area contributed by atoms with Crippen molar-refractivity contribution in [2.24, 2.45) is 0 Å². The number of carbonyl (C=O) groups is 1. The molecule has 1 amide bonds. The maximum atomic E-state index is 11.7. The Bertz CT molecular complexity index is 211. The lowest BCUT2D eigenvalue weighted by atomic mass is 10.2. The molecular weight excluding hydrogens is 244 g/mol. The van der Waals surface area contributed by atoms with Crippen LogP contribution in [0.2, 0.25) is 0 Å². The predicted molar refractivity (Wildman–Crippen MR) is 68.6 cm³/mol. The van der Waals surface area contributed by atoms with Crippen LogP contribution in [0.4, 0.5) is 0 Å². The highest BCUT2D eigenvalue weighted by molar-refractivity contribution is 5.85. The Kier molecular flexibility index (Phi) is 9.44. The van der Waals surface area contributed by atoms with Crippen LogP contribution in [-0.4, -0.2) is 63.9 Å². The highest BCUT2D eigenvalue weighted by Crippen LogP contribution is 2.12. The van der Waals surface area contributed by atoms with Crippen LogP contribution in [0.15, 0.2) is 0 Å². The molecule has 1 aliphatic heterocycles. The summed E-state index contributed by atoms with van der Waals surface area (Å²) in [6.45, 7) is 3.23. The van der Waals surface area contributed by atoms with Gasteiger partial charge in [-0.3, -0.25) is 4.79 Å². The molecule has 1 fully saturated rings. The molecule has 1 heterocycles. The standard InChI is InChI=1S/C11H22N2O3.ClH/c1-13(9-10-4-3-6-16-10)11(14)8-12-5-7-15-2;/h10,12H,3-9H2,1-2H3;1H. The average Bonchev–Trinajstić information content (AvgIpc) is 2.76. The number of rotatable bonds is 7. The molecule has 0 aromatic heterocycles. The van der Waals surface area contributed by atoms with Gasteiger partial charge in [0.1, 0.15) is 0 Å². The van der Waals surface area contributed by atoms with E-state index in [9.17, 15) is 4.79 Å². The van der Waals surface area contributed by atoms with Crippen LogP contribution in [0, 0.1) is 0 Å². The molecule has 0 radical (unpaired) electrons. The van der Waals surface area contributed by atoms with Crippen LogP contribution in [0.5, 0.6) is 0 Å². The van der Waals surface area contributed by atoms with Crippen LogP contribution >= 0.6 is 12.4 Å². The molecule has 17 heavy (non-hydrogen) atoms. The largest absolute Gasteiger partial charge is 0.383 e. The quantitative estimate of drug-likeness (QED) is 0.673. The zero-order chi connectivity index (χ0) is 11.8. The van der Waals surface area contributed by atoms with Crippen molar-refractivity contribution in [1.29, 1.82) is 0 Å². The molecule has 0 bridgehead atoms. The normalized spacial score (nSPS) is 18.8. The summed E-state index contributed by atoms with van der Waals surface area (Å²) in [5.74, 6) is 0.103. The molecule has 6 heteroatoms. The molecular formula is C11H23ClN2O3. The molecule has 0 aromatic carbocycles. The third-order valence-electron chi connectivity index (χ3n) is 2.69.